The van der Waals surface area contributed by atoms with Crippen molar-refractivity contribution in [2.75, 3.05) is 0 Å². The molecule has 0 aliphatic heterocycles. The predicted molar refractivity (Wildman–Crippen MR) is 53.4 cm³/mol. The van der Waals surface area contributed by atoms with Crippen LogP contribution >= 0.6 is 0 Å². The molecule has 13 heavy (non-hydrogen) atoms. The summed E-state index contributed by atoms with van der Waals surface area (Å²) in [5, 5.41) is 8.35. The number of unbranched alkanes of at least 4 members (excludes halogenated alkanes) is 4. The molecule has 0 aromatic heterocycles. The molecule has 0 aromatic rings. The summed E-state index contributed by atoms with van der Waals surface area (Å²) in [4.78, 5) is 10.1. The first kappa shape index (κ1) is 12.0. The minimum atomic E-state index is -0.709. The van der Waals surface area contributed by atoms with Crippen molar-refractivity contribution in [1.29, 1.82) is 0 Å². The third-order valence-electron chi connectivity index (χ3n) is 1.72. The normalized spacial score (nSPS) is 9.00. The quantitative estimate of drug-likeness (QED) is 0.506. The van der Waals surface area contributed by atoms with Gasteiger partial charge in [0, 0.05) is 19.3 Å². The van der Waals surface area contributed by atoms with E-state index in [1.807, 2.05) is 0 Å². The zero-order chi connectivity index (χ0) is 9.94. The number of hydrogen-bond acceptors (Lipinski definition) is 1. The maximum absolute atomic E-state index is 10.1. The van der Waals surface area contributed by atoms with E-state index in [1.165, 1.54) is 12.8 Å². The van der Waals surface area contributed by atoms with Crippen LogP contribution in [0.3, 0.4) is 0 Å². The fourth-order valence-corrected chi connectivity index (χ4v) is 0.932. The Hall–Kier alpha value is -0.970. The molecule has 0 spiro atoms. The van der Waals surface area contributed by atoms with Gasteiger partial charge in [0.2, 0.25) is 0 Å². The lowest BCUT2D eigenvalue weighted by Gasteiger charge is -1.91. The minimum absolute atomic E-state index is 0.274. The Morgan fingerprint density at radius 3 is 2.31 bits per heavy atom. The van der Waals surface area contributed by atoms with Gasteiger partial charge in [-0.3, -0.25) is 4.79 Å². The third-order valence-corrected chi connectivity index (χ3v) is 1.72. The van der Waals surface area contributed by atoms with E-state index in [1.54, 1.807) is 0 Å². The van der Waals surface area contributed by atoms with Crippen molar-refractivity contribution in [3.63, 3.8) is 0 Å². The summed E-state index contributed by atoms with van der Waals surface area (Å²) in [7, 11) is 0. The summed E-state index contributed by atoms with van der Waals surface area (Å²) < 4.78 is 0. The van der Waals surface area contributed by atoms with Crippen LogP contribution in [0.15, 0.2) is 0 Å². The molecule has 2 heteroatoms. The molecular weight excluding hydrogens is 164 g/mol. The lowest BCUT2D eigenvalue weighted by molar-refractivity contribution is -0.137. The Morgan fingerprint density at radius 1 is 1.15 bits per heavy atom. The number of hydrogen-bond donors (Lipinski definition) is 1. The van der Waals surface area contributed by atoms with Gasteiger partial charge in [-0.1, -0.05) is 13.3 Å². The van der Waals surface area contributed by atoms with Crippen molar-refractivity contribution < 1.29 is 9.90 Å². The van der Waals surface area contributed by atoms with Gasteiger partial charge in [0.05, 0.1) is 0 Å². The second-order valence-electron chi connectivity index (χ2n) is 3.06. The molecular formula is C11H18O2. The molecule has 0 saturated carbocycles. The number of carboxylic acids is 1. The Labute approximate surface area is 80.3 Å². The lowest BCUT2D eigenvalue weighted by atomic mass is 10.2. The van der Waals surface area contributed by atoms with Crippen LogP contribution in [0, 0.1) is 11.8 Å². The van der Waals surface area contributed by atoms with Crippen molar-refractivity contribution in [3.05, 3.63) is 0 Å². The van der Waals surface area contributed by atoms with E-state index in [-0.39, 0.29) is 6.42 Å². The first-order valence-electron chi connectivity index (χ1n) is 4.95. The molecule has 0 amide bonds. The van der Waals surface area contributed by atoms with Crippen LogP contribution in [-0.4, -0.2) is 11.1 Å². The Bertz CT molecular complexity index is 186. The lowest BCUT2D eigenvalue weighted by Crippen LogP contribution is -1.92. The largest absolute Gasteiger partial charge is 0.481 e. The monoisotopic (exact) mass is 182 g/mol. The van der Waals surface area contributed by atoms with Crippen LogP contribution in [0.5, 0.6) is 0 Å². The Morgan fingerprint density at radius 2 is 1.77 bits per heavy atom. The summed E-state index contributed by atoms with van der Waals surface area (Å²) >= 11 is 0. The highest BCUT2D eigenvalue weighted by Crippen LogP contribution is 1.98. The maximum Gasteiger partial charge on any atom is 0.303 e. The van der Waals surface area contributed by atoms with Gasteiger partial charge >= 0.3 is 5.97 Å². The van der Waals surface area contributed by atoms with Gasteiger partial charge in [-0.15, -0.1) is 11.8 Å². The topological polar surface area (TPSA) is 37.3 Å². The molecule has 2 nitrogen and oxygen atoms in total. The maximum atomic E-state index is 10.1. The van der Waals surface area contributed by atoms with Crippen LogP contribution in [0.2, 0.25) is 0 Å². The molecule has 0 bridgehead atoms. The smallest absolute Gasteiger partial charge is 0.303 e. The number of aliphatic carboxylic acids is 1. The molecule has 0 radical (unpaired) electrons. The van der Waals surface area contributed by atoms with Gasteiger partial charge in [0.1, 0.15) is 0 Å². The molecule has 0 saturated heterocycles. The molecule has 0 atom stereocenters. The van der Waals surface area contributed by atoms with Gasteiger partial charge in [-0.05, 0) is 19.3 Å². The summed E-state index contributed by atoms with van der Waals surface area (Å²) in [6.07, 6.45) is 6.11. The van der Waals surface area contributed by atoms with E-state index in [2.05, 4.69) is 18.8 Å². The zero-order valence-electron chi connectivity index (χ0n) is 8.31. The standard InChI is InChI=1S/C11H18O2/c1-2-3-4-5-6-7-8-9-10-11(12)13/h2-4,7-10H2,1H3,(H,12,13). The van der Waals surface area contributed by atoms with Crippen LogP contribution in [0.4, 0.5) is 0 Å². The molecule has 0 aromatic carbocycles. The van der Waals surface area contributed by atoms with Crippen molar-refractivity contribution in [3.8, 4) is 11.8 Å². The fourth-order valence-electron chi connectivity index (χ4n) is 0.932. The Kier molecular flexibility index (Phi) is 8.44. The summed E-state index contributed by atoms with van der Waals surface area (Å²) in [5.41, 5.74) is 0. The second kappa shape index (κ2) is 9.12. The van der Waals surface area contributed by atoms with Crippen molar-refractivity contribution in [2.24, 2.45) is 0 Å². The summed E-state index contributed by atoms with van der Waals surface area (Å²) in [6, 6.07) is 0. The minimum Gasteiger partial charge on any atom is -0.481 e. The average molecular weight is 182 g/mol. The fraction of sp³-hybridized carbons (Fsp3) is 0.727. The molecule has 0 fully saturated rings. The highest BCUT2D eigenvalue weighted by Gasteiger charge is 1.93. The number of carboxylic acid groups (broad SMARTS) is 1. The molecule has 74 valence electrons. The van der Waals surface area contributed by atoms with Gasteiger partial charge in [-0.25, -0.2) is 0 Å². The zero-order valence-corrected chi connectivity index (χ0v) is 8.31. The van der Waals surface area contributed by atoms with Crippen molar-refractivity contribution >= 4 is 5.97 Å². The van der Waals surface area contributed by atoms with E-state index in [4.69, 9.17) is 5.11 Å². The van der Waals surface area contributed by atoms with E-state index < -0.39 is 5.97 Å². The second-order valence-corrected chi connectivity index (χ2v) is 3.06. The predicted octanol–water partition coefficient (Wildman–Crippen LogP) is 2.83. The van der Waals surface area contributed by atoms with E-state index in [9.17, 15) is 4.79 Å². The van der Waals surface area contributed by atoms with Crippen molar-refractivity contribution in [2.45, 2.75) is 51.9 Å². The molecule has 1 N–H and O–H groups in total. The average Bonchev–Trinajstić information content (AvgIpc) is 2.09. The van der Waals surface area contributed by atoms with Crippen LogP contribution in [0.1, 0.15) is 51.9 Å². The van der Waals surface area contributed by atoms with Gasteiger partial charge in [0.15, 0.2) is 0 Å². The van der Waals surface area contributed by atoms with Crippen molar-refractivity contribution in [1.82, 2.24) is 0 Å². The third kappa shape index (κ3) is 11.0. The van der Waals surface area contributed by atoms with Gasteiger partial charge < -0.3 is 5.11 Å². The first-order valence-corrected chi connectivity index (χ1v) is 4.95. The number of carbonyl (C=O) groups is 1. The highest BCUT2D eigenvalue weighted by molar-refractivity contribution is 5.66. The first-order chi connectivity index (χ1) is 6.27. The molecule has 0 heterocycles. The van der Waals surface area contributed by atoms with Gasteiger partial charge in [0.25, 0.3) is 0 Å². The van der Waals surface area contributed by atoms with E-state index in [0.717, 1.165) is 25.7 Å². The van der Waals surface area contributed by atoms with E-state index in [0.29, 0.717) is 0 Å². The van der Waals surface area contributed by atoms with E-state index >= 15 is 0 Å². The molecule has 0 aliphatic rings. The molecule has 0 aliphatic carbocycles. The van der Waals surface area contributed by atoms with Crippen LogP contribution in [0.25, 0.3) is 0 Å². The van der Waals surface area contributed by atoms with Crippen LogP contribution < -0.4 is 0 Å². The van der Waals surface area contributed by atoms with Crippen LogP contribution in [-0.2, 0) is 4.79 Å². The number of rotatable bonds is 6. The summed E-state index contributed by atoms with van der Waals surface area (Å²) in [5.74, 6) is 5.42. The Balaban J connectivity index is 3.13. The molecule has 0 unspecified atom stereocenters. The van der Waals surface area contributed by atoms with Gasteiger partial charge in [-0.2, -0.15) is 0 Å². The SMILES string of the molecule is CCCCC#CCCCCC(=O)O. The highest BCUT2D eigenvalue weighted by atomic mass is 16.4. The summed E-state index contributed by atoms with van der Waals surface area (Å²) in [6.45, 7) is 2.15. The molecule has 0 rings (SSSR count).